The van der Waals surface area contributed by atoms with Crippen LogP contribution in [0.25, 0.3) is 0 Å². The van der Waals surface area contributed by atoms with E-state index in [1.165, 1.54) is 19.9 Å². The van der Waals surface area contributed by atoms with Crippen LogP contribution < -0.4 is 5.32 Å². The molecule has 0 radical (unpaired) electrons. The van der Waals surface area contributed by atoms with Crippen LogP contribution >= 0.6 is 27.5 Å². The lowest BCUT2D eigenvalue weighted by Gasteiger charge is -2.27. The molecule has 22 heavy (non-hydrogen) atoms. The van der Waals surface area contributed by atoms with Crippen LogP contribution in [0.2, 0.25) is 5.02 Å². The van der Waals surface area contributed by atoms with E-state index in [4.69, 9.17) is 16.7 Å². The monoisotopic (exact) mass is 390 g/mol. The lowest BCUT2D eigenvalue weighted by molar-refractivity contribution is -0.141. The molecule has 0 spiro atoms. The molecule has 0 bridgehead atoms. The number of hydrogen-bond acceptors (Lipinski definition) is 3. The van der Waals surface area contributed by atoms with Crippen molar-refractivity contribution in [3.05, 3.63) is 33.3 Å². The fraction of sp³-hybridized carbons (Fsp3) is 0.357. The first-order chi connectivity index (χ1) is 10.2. The van der Waals surface area contributed by atoms with Gasteiger partial charge in [-0.2, -0.15) is 0 Å². The highest BCUT2D eigenvalue weighted by molar-refractivity contribution is 9.10. The molecule has 0 aromatic heterocycles. The number of benzene rings is 1. The van der Waals surface area contributed by atoms with Gasteiger partial charge < -0.3 is 15.3 Å². The predicted molar refractivity (Wildman–Crippen MR) is 86.0 cm³/mol. The molecule has 0 aliphatic carbocycles. The average molecular weight is 392 g/mol. The second kappa shape index (κ2) is 8.14. The van der Waals surface area contributed by atoms with Crippen molar-refractivity contribution in [1.82, 2.24) is 10.2 Å². The Labute approximate surface area is 141 Å². The van der Waals surface area contributed by atoms with E-state index in [1.54, 1.807) is 12.1 Å². The van der Waals surface area contributed by atoms with Gasteiger partial charge in [-0.1, -0.05) is 27.5 Å². The molecule has 2 amide bonds. The molecule has 2 N–H and O–H groups in total. The number of hydrogen-bond donors (Lipinski definition) is 2. The van der Waals surface area contributed by atoms with Gasteiger partial charge in [0.25, 0.3) is 5.91 Å². The summed E-state index contributed by atoms with van der Waals surface area (Å²) in [5, 5.41) is 11.9. The van der Waals surface area contributed by atoms with Gasteiger partial charge in [0.1, 0.15) is 6.04 Å². The largest absolute Gasteiger partial charge is 0.480 e. The summed E-state index contributed by atoms with van der Waals surface area (Å²) in [6.07, 6.45) is 0. The SMILES string of the molecule is CC(=O)NCCN(C(=O)c1ccc(Br)cc1Cl)C(C)C(=O)O. The molecule has 1 unspecified atom stereocenters. The molecule has 1 aromatic carbocycles. The smallest absolute Gasteiger partial charge is 0.326 e. The number of carboxylic acids is 1. The maximum absolute atomic E-state index is 12.5. The Bertz CT molecular complexity index is 594. The van der Waals surface area contributed by atoms with Gasteiger partial charge in [0.15, 0.2) is 0 Å². The molecule has 1 rings (SSSR count). The zero-order valence-electron chi connectivity index (χ0n) is 12.1. The maximum Gasteiger partial charge on any atom is 0.326 e. The van der Waals surface area contributed by atoms with Crippen molar-refractivity contribution in [1.29, 1.82) is 0 Å². The Kier molecular flexibility index (Phi) is 6.83. The lowest BCUT2D eigenvalue weighted by atomic mass is 10.1. The van der Waals surface area contributed by atoms with Gasteiger partial charge in [-0.15, -0.1) is 0 Å². The molecular weight excluding hydrogens is 376 g/mol. The first-order valence-electron chi connectivity index (χ1n) is 6.47. The molecule has 1 atom stereocenters. The number of nitrogens with one attached hydrogen (secondary N) is 1. The number of nitrogens with zero attached hydrogens (tertiary/aromatic N) is 1. The molecule has 6 nitrogen and oxygen atoms in total. The fourth-order valence-electron chi connectivity index (χ4n) is 1.77. The van der Waals surface area contributed by atoms with Crippen molar-refractivity contribution in [3.63, 3.8) is 0 Å². The zero-order chi connectivity index (χ0) is 16.9. The van der Waals surface area contributed by atoms with Gasteiger partial charge in [-0.25, -0.2) is 4.79 Å². The molecule has 0 saturated carbocycles. The summed E-state index contributed by atoms with van der Waals surface area (Å²) in [5.41, 5.74) is 0.209. The first-order valence-corrected chi connectivity index (χ1v) is 7.64. The standard InChI is InChI=1S/C14H16BrClN2O4/c1-8(14(21)22)18(6-5-17-9(2)19)13(20)11-4-3-10(15)7-12(11)16/h3-4,7-8H,5-6H2,1-2H3,(H,17,19)(H,21,22). The van der Waals surface area contributed by atoms with Crippen LogP contribution in [0.15, 0.2) is 22.7 Å². The zero-order valence-corrected chi connectivity index (χ0v) is 14.4. The fourth-order valence-corrected chi connectivity index (χ4v) is 2.53. The van der Waals surface area contributed by atoms with Crippen molar-refractivity contribution in [3.8, 4) is 0 Å². The van der Waals surface area contributed by atoms with Crippen LogP contribution in [0.3, 0.4) is 0 Å². The van der Waals surface area contributed by atoms with Crippen LogP contribution in [-0.2, 0) is 9.59 Å². The van der Waals surface area contributed by atoms with Gasteiger partial charge in [0.05, 0.1) is 10.6 Å². The average Bonchev–Trinajstić information content (AvgIpc) is 2.42. The van der Waals surface area contributed by atoms with E-state index >= 15 is 0 Å². The molecular formula is C14H16BrClN2O4. The predicted octanol–water partition coefficient (Wildman–Crippen LogP) is 2.15. The van der Waals surface area contributed by atoms with Crippen molar-refractivity contribution in [2.24, 2.45) is 0 Å². The molecule has 0 aliphatic rings. The third kappa shape index (κ3) is 4.99. The van der Waals surface area contributed by atoms with E-state index in [9.17, 15) is 14.4 Å². The number of carboxylic acid groups (broad SMARTS) is 1. The highest BCUT2D eigenvalue weighted by Gasteiger charge is 2.27. The van der Waals surface area contributed by atoms with Crippen molar-refractivity contribution in [2.45, 2.75) is 19.9 Å². The minimum Gasteiger partial charge on any atom is -0.480 e. The number of halogens is 2. The minimum absolute atomic E-state index is 0.0677. The van der Waals surface area contributed by atoms with Crippen LogP contribution in [0, 0.1) is 0 Å². The maximum atomic E-state index is 12.5. The summed E-state index contributed by atoms with van der Waals surface area (Å²) in [6.45, 7) is 2.98. The first kappa shape index (κ1) is 18.4. The van der Waals surface area contributed by atoms with Crippen LogP contribution in [-0.4, -0.2) is 46.9 Å². The summed E-state index contributed by atoms with van der Waals surface area (Å²) in [4.78, 5) is 35.8. The summed E-state index contributed by atoms with van der Waals surface area (Å²) in [7, 11) is 0. The Morgan fingerprint density at radius 1 is 1.41 bits per heavy atom. The van der Waals surface area contributed by atoms with E-state index in [0.29, 0.717) is 4.47 Å². The summed E-state index contributed by atoms with van der Waals surface area (Å²) < 4.78 is 0.713. The molecule has 120 valence electrons. The Morgan fingerprint density at radius 3 is 2.55 bits per heavy atom. The third-order valence-electron chi connectivity index (χ3n) is 2.97. The highest BCUT2D eigenvalue weighted by Crippen LogP contribution is 2.23. The van der Waals surface area contributed by atoms with Crippen LogP contribution in [0.4, 0.5) is 0 Å². The van der Waals surface area contributed by atoms with Crippen LogP contribution in [0.5, 0.6) is 0 Å². The Morgan fingerprint density at radius 2 is 2.05 bits per heavy atom. The van der Waals surface area contributed by atoms with E-state index in [2.05, 4.69) is 21.2 Å². The van der Waals surface area contributed by atoms with Gasteiger partial charge in [0, 0.05) is 24.5 Å². The number of rotatable bonds is 6. The van der Waals surface area contributed by atoms with Crippen molar-refractivity contribution >= 4 is 45.3 Å². The highest BCUT2D eigenvalue weighted by atomic mass is 79.9. The molecule has 1 aromatic rings. The second-order valence-corrected chi connectivity index (χ2v) is 5.94. The van der Waals surface area contributed by atoms with Gasteiger partial charge in [-0.3, -0.25) is 9.59 Å². The lowest BCUT2D eigenvalue weighted by Crippen LogP contribution is -2.46. The number of amides is 2. The van der Waals surface area contributed by atoms with Gasteiger partial charge in [-0.05, 0) is 25.1 Å². The van der Waals surface area contributed by atoms with Crippen molar-refractivity contribution in [2.75, 3.05) is 13.1 Å². The summed E-state index contributed by atoms with van der Waals surface area (Å²) in [6, 6.07) is 3.69. The molecule has 0 heterocycles. The van der Waals surface area contributed by atoms with Crippen molar-refractivity contribution < 1.29 is 19.5 Å². The quantitative estimate of drug-likeness (QED) is 0.778. The van der Waals surface area contributed by atoms with E-state index < -0.39 is 17.9 Å². The minimum atomic E-state index is -1.13. The number of aliphatic carboxylic acids is 1. The van der Waals surface area contributed by atoms with Gasteiger partial charge in [0.2, 0.25) is 5.91 Å². The van der Waals surface area contributed by atoms with Gasteiger partial charge >= 0.3 is 5.97 Å². The Hall–Kier alpha value is -1.60. The molecule has 8 heteroatoms. The Balaban J connectivity index is 3.00. The second-order valence-electron chi connectivity index (χ2n) is 4.62. The van der Waals surface area contributed by atoms with E-state index in [1.807, 2.05) is 0 Å². The molecule has 0 saturated heterocycles. The number of carbonyl (C=O) groups is 3. The van der Waals surface area contributed by atoms with Crippen LogP contribution in [0.1, 0.15) is 24.2 Å². The molecule has 0 fully saturated rings. The third-order valence-corrected chi connectivity index (χ3v) is 3.78. The summed E-state index contributed by atoms with van der Waals surface area (Å²) >= 11 is 9.28. The van der Waals surface area contributed by atoms with E-state index in [0.717, 1.165) is 4.90 Å². The van der Waals surface area contributed by atoms with E-state index in [-0.39, 0.29) is 29.6 Å². The topological polar surface area (TPSA) is 86.7 Å². The summed E-state index contributed by atoms with van der Waals surface area (Å²) in [5.74, 6) is -1.89. The molecule has 0 aliphatic heterocycles. The number of carbonyl (C=O) groups excluding carboxylic acids is 2. The normalized spacial score (nSPS) is 11.6.